The SMILES string of the molecule is COc1ccc(-c2csc(=Nc3ccccc3F)n2NC(=O)CNc2ncc(C(F)(F)F)cc2Cl)cc1. The maximum atomic E-state index is 14.2. The van der Waals surface area contributed by atoms with Gasteiger partial charge in [0.1, 0.15) is 23.1 Å². The summed E-state index contributed by atoms with van der Waals surface area (Å²) in [5.41, 5.74) is 3.02. The molecule has 2 aromatic heterocycles. The summed E-state index contributed by atoms with van der Waals surface area (Å²) < 4.78 is 59.3. The summed E-state index contributed by atoms with van der Waals surface area (Å²) in [5, 5.41) is 4.06. The molecule has 4 rings (SSSR count). The normalized spacial score (nSPS) is 11.9. The van der Waals surface area contributed by atoms with E-state index in [0.717, 1.165) is 6.07 Å². The quantitative estimate of drug-likeness (QED) is 0.283. The van der Waals surface area contributed by atoms with Crippen LogP contribution in [-0.4, -0.2) is 29.2 Å². The molecule has 0 saturated carbocycles. The Bertz CT molecular complexity index is 1490. The maximum absolute atomic E-state index is 14.2. The molecule has 0 fully saturated rings. The molecule has 7 nitrogen and oxygen atoms in total. The van der Waals surface area contributed by atoms with Crippen LogP contribution < -0.4 is 20.3 Å². The van der Waals surface area contributed by atoms with Crippen molar-refractivity contribution in [2.45, 2.75) is 6.18 Å². The first kappa shape index (κ1) is 26.2. The van der Waals surface area contributed by atoms with Gasteiger partial charge in [0.15, 0.2) is 0 Å². The molecule has 1 amide bonds. The van der Waals surface area contributed by atoms with E-state index in [1.807, 2.05) is 0 Å². The number of rotatable bonds is 7. The van der Waals surface area contributed by atoms with E-state index in [1.54, 1.807) is 35.7 Å². The van der Waals surface area contributed by atoms with Gasteiger partial charge in [-0.2, -0.15) is 13.2 Å². The minimum absolute atomic E-state index is 0.0764. The molecule has 13 heteroatoms. The number of pyridine rings is 1. The Balaban J connectivity index is 1.62. The third-order valence-corrected chi connectivity index (χ3v) is 6.10. The molecule has 192 valence electrons. The molecule has 0 aliphatic rings. The molecule has 0 unspecified atom stereocenters. The lowest BCUT2D eigenvalue weighted by Gasteiger charge is -2.13. The van der Waals surface area contributed by atoms with Gasteiger partial charge in [-0.3, -0.25) is 10.2 Å². The van der Waals surface area contributed by atoms with Crippen molar-refractivity contribution in [2.75, 3.05) is 24.4 Å². The summed E-state index contributed by atoms with van der Waals surface area (Å²) in [5.74, 6) is -0.576. The summed E-state index contributed by atoms with van der Waals surface area (Å²) >= 11 is 7.07. The Labute approximate surface area is 217 Å². The van der Waals surface area contributed by atoms with Crippen LogP contribution in [0.4, 0.5) is 29.1 Å². The first-order chi connectivity index (χ1) is 17.7. The van der Waals surface area contributed by atoms with Gasteiger partial charge in [-0.25, -0.2) is 19.0 Å². The number of methoxy groups -OCH3 is 1. The first-order valence-electron chi connectivity index (χ1n) is 10.6. The molecule has 0 aliphatic carbocycles. The van der Waals surface area contributed by atoms with Gasteiger partial charge in [-0.1, -0.05) is 23.7 Å². The number of ether oxygens (including phenoxy) is 1. The van der Waals surface area contributed by atoms with Crippen molar-refractivity contribution < 1.29 is 27.1 Å². The van der Waals surface area contributed by atoms with Crippen LogP contribution >= 0.6 is 22.9 Å². The second-order valence-electron chi connectivity index (χ2n) is 7.47. The summed E-state index contributed by atoms with van der Waals surface area (Å²) in [4.78, 5) is 21.1. The Morgan fingerprint density at radius 1 is 1.19 bits per heavy atom. The highest BCUT2D eigenvalue weighted by atomic mass is 35.5. The fraction of sp³-hybridized carbons (Fsp3) is 0.125. The number of benzene rings is 2. The van der Waals surface area contributed by atoms with Crippen molar-refractivity contribution in [2.24, 2.45) is 4.99 Å². The van der Waals surface area contributed by atoms with Crippen LogP contribution in [-0.2, 0) is 11.0 Å². The topological polar surface area (TPSA) is 80.5 Å². The van der Waals surface area contributed by atoms with Crippen LogP contribution in [0.25, 0.3) is 11.3 Å². The lowest BCUT2D eigenvalue weighted by atomic mass is 10.2. The van der Waals surface area contributed by atoms with E-state index in [0.29, 0.717) is 23.2 Å². The number of carbonyl (C=O) groups excluding carboxylic acids is 1. The van der Waals surface area contributed by atoms with Crippen molar-refractivity contribution in [3.8, 4) is 17.0 Å². The van der Waals surface area contributed by atoms with Gasteiger partial charge in [-0.05, 0) is 42.5 Å². The molecule has 0 aliphatic heterocycles. The number of anilines is 1. The van der Waals surface area contributed by atoms with Crippen LogP contribution in [0.3, 0.4) is 0 Å². The Morgan fingerprint density at radius 3 is 2.57 bits per heavy atom. The lowest BCUT2D eigenvalue weighted by molar-refractivity contribution is -0.137. The van der Waals surface area contributed by atoms with Gasteiger partial charge in [0, 0.05) is 17.1 Å². The fourth-order valence-electron chi connectivity index (χ4n) is 3.16. The molecule has 0 atom stereocenters. The van der Waals surface area contributed by atoms with E-state index in [-0.39, 0.29) is 27.9 Å². The molecule has 2 aromatic carbocycles. The molecular weight excluding hydrogens is 534 g/mol. The number of aromatic nitrogens is 2. The highest BCUT2D eigenvalue weighted by Gasteiger charge is 2.31. The van der Waals surface area contributed by atoms with E-state index < -0.39 is 23.5 Å². The third kappa shape index (κ3) is 6.27. The lowest BCUT2D eigenvalue weighted by Crippen LogP contribution is -2.34. The average Bonchev–Trinajstić information content (AvgIpc) is 3.25. The minimum Gasteiger partial charge on any atom is -0.497 e. The number of nitrogens with zero attached hydrogens (tertiary/aromatic N) is 3. The van der Waals surface area contributed by atoms with E-state index in [9.17, 15) is 22.4 Å². The summed E-state index contributed by atoms with van der Waals surface area (Å²) in [6, 6.07) is 13.7. The molecule has 2 heterocycles. The third-order valence-electron chi connectivity index (χ3n) is 4.98. The van der Waals surface area contributed by atoms with Crippen molar-refractivity contribution in [3.05, 3.63) is 87.4 Å². The van der Waals surface area contributed by atoms with Gasteiger partial charge in [0.05, 0.1) is 29.9 Å². The van der Waals surface area contributed by atoms with Gasteiger partial charge in [0.2, 0.25) is 4.80 Å². The van der Waals surface area contributed by atoms with Crippen molar-refractivity contribution >= 4 is 40.4 Å². The van der Waals surface area contributed by atoms with Crippen LogP contribution in [0.5, 0.6) is 5.75 Å². The zero-order chi connectivity index (χ0) is 26.6. The number of hydrogen-bond acceptors (Lipinski definition) is 6. The Kier molecular flexibility index (Phi) is 7.79. The van der Waals surface area contributed by atoms with E-state index in [4.69, 9.17) is 16.3 Å². The van der Waals surface area contributed by atoms with Crippen molar-refractivity contribution in [3.63, 3.8) is 0 Å². The molecular formula is C24H18ClF4N5O2S. The molecule has 4 aromatic rings. The average molecular weight is 552 g/mol. The number of alkyl halides is 3. The van der Waals surface area contributed by atoms with Crippen molar-refractivity contribution in [1.82, 2.24) is 9.66 Å². The number of halogens is 5. The highest BCUT2D eigenvalue weighted by molar-refractivity contribution is 7.07. The first-order valence-corrected chi connectivity index (χ1v) is 11.8. The summed E-state index contributed by atoms with van der Waals surface area (Å²) in [6.45, 7) is -0.373. The number of para-hydroxylation sites is 1. The maximum Gasteiger partial charge on any atom is 0.417 e. The second-order valence-corrected chi connectivity index (χ2v) is 8.72. The van der Waals surface area contributed by atoms with Gasteiger partial charge in [0.25, 0.3) is 5.91 Å². The fourth-order valence-corrected chi connectivity index (χ4v) is 4.25. The van der Waals surface area contributed by atoms with Gasteiger partial charge >= 0.3 is 6.18 Å². The molecule has 0 bridgehead atoms. The minimum atomic E-state index is -4.60. The predicted molar refractivity (Wildman–Crippen MR) is 133 cm³/mol. The molecule has 0 radical (unpaired) electrons. The largest absolute Gasteiger partial charge is 0.497 e. The van der Waals surface area contributed by atoms with Gasteiger partial charge in [-0.15, -0.1) is 11.3 Å². The monoisotopic (exact) mass is 551 g/mol. The van der Waals surface area contributed by atoms with E-state index in [2.05, 4.69) is 20.7 Å². The van der Waals surface area contributed by atoms with Crippen LogP contribution in [0.15, 0.2) is 71.2 Å². The van der Waals surface area contributed by atoms with Crippen LogP contribution in [0, 0.1) is 5.82 Å². The zero-order valence-corrected chi connectivity index (χ0v) is 20.6. The molecule has 0 saturated heterocycles. The highest BCUT2D eigenvalue weighted by Crippen LogP contribution is 2.32. The zero-order valence-electron chi connectivity index (χ0n) is 19.0. The molecule has 2 N–H and O–H groups in total. The standard InChI is InChI=1S/C24H18ClF4N5O2S/c1-36-16-8-6-14(7-9-16)20-13-37-23(32-19-5-3-2-4-18(19)26)34(20)33-21(35)12-31-22-17(25)10-15(11-30-22)24(27,28)29/h2-11,13H,12H2,1H3,(H,30,31)(H,33,35). The van der Waals surface area contributed by atoms with Crippen molar-refractivity contribution in [1.29, 1.82) is 0 Å². The van der Waals surface area contributed by atoms with Crippen LogP contribution in [0.1, 0.15) is 5.56 Å². The molecule has 0 spiro atoms. The number of hydrogen-bond donors (Lipinski definition) is 2. The number of carbonyl (C=O) groups is 1. The number of amides is 1. The number of thiazole rings is 1. The summed E-state index contributed by atoms with van der Waals surface area (Å²) in [6.07, 6.45) is -3.98. The van der Waals surface area contributed by atoms with Crippen LogP contribution in [0.2, 0.25) is 5.02 Å². The molecule has 37 heavy (non-hydrogen) atoms. The number of nitrogens with one attached hydrogen (secondary N) is 2. The van der Waals surface area contributed by atoms with Gasteiger partial charge < -0.3 is 10.1 Å². The Morgan fingerprint density at radius 2 is 1.92 bits per heavy atom. The smallest absolute Gasteiger partial charge is 0.417 e. The van der Waals surface area contributed by atoms with E-state index in [1.165, 1.54) is 41.3 Å². The Hall–Kier alpha value is -3.90. The van der Waals surface area contributed by atoms with E-state index >= 15 is 0 Å². The second kappa shape index (κ2) is 11.0. The summed E-state index contributed by atoms with van der Waals surface area (Å²) in [7, 11) is 1.54. The predicted octanol–water partition coefficient (Wildman–Crippen LogP) is 5.85.